The summed E-state index contributed by atoms with van der Waals surface area (Å²) in [5, 5.41) is 9.42. The van der Waals surface area contributed by atoms with Crippen LogP contribution in [-0.2, 0) is 74.9 Å². The maximum Gasteiger partial charge on any atom is 0.226 e. The number of ketones is 5. The number of nitrogens with zero attached hydrogens (tertiary/aromatic N) is 6. The topological polar surface area (TPSA) is 368 Å². The number of likely N-dealkylation sites (N-methyl/N-ethyl adjacent to an activating group) is 2. The van der Waals surface area contributed by atoms with E-state index in [-0.39, 0.29) is 131 Å². The van der Waals surface area contributed by atoms with Crippen molar-refractivity contribution in [3.63, 3.8) is 0 Å². The number of nitrogens with two attached hydrogens (primary N) is 3. The maximum atomic E-state index is 14.5. The highest BCUT2D eigenvalue weighted by molar-refractivity contribution is 5.98. The fourth-order valence-electron chi connectivity index (χ4n) is 12.5. The number of methoxy groups -OCH3 is 2. The van der Waals surface area contributed by atoms with E-state index in [1.807, 2.05) is 60.5 Å². The van der Waals surface area contributed by atoms with Crippen molar-refractivity contribution in [2.75, 3.05) is 86.3 Å². The van der Waals surface area contributed by atoms with Crippen molar-refractivity contribution < 1.29 is 66.9 Å². The van der Waals surface area contributed by atoms with Crippen molar-refractivity contribution in [3.8, 4) is 0 Å². The summed E-state index contributed by atoms with van der Waals surface area (Å²) in [6.07, 6.45) is 0.565. The third-order valence-corrected chi connectivity index (χ3v) is 18.1. The molecule has 1 aliphatic rings. The highest BCUT2D eigenvalue weighted by Gasteiger charge is 2.44. The second-order valence-electron chi connectivity index (χ2n) is 26.3. The summed E-state index contributed by atoms with van der Waals surface area (Å²) in [4.78, 5) is 143. The van der Waals surface area contributed by atoms with Crippen LogP contribution in [0.4, 0.5) is 11.4 Å². The Labute approximate surface area is 556 Å². The Morgan fingerprint density at radius 3 is 1.96 bits per heavy atom. The molecule has 25 nitrogen and oxygen atoms in total. The maximum absolute atomic E-state index is 14.5. The predicted molar refractivity (Wildman–Crippen MR) is 360 cm³/mol. The van der Waals surface area contributed by atoms with Crippen LogP contribution in [0.25, 0.3) is 10.4 Å². The van der Waals surface area contributed by atoms with E-state index in [9.17, 15) is 53.5 Å². The first kappa shape index (κ1) is 81.1. The molecule has 2 aromatic carbocycles. The third kappa shape index (κ3) is 25.9. The Kier molecular flexibility index (Phi) is 35.3. The minimum absolute atomic E-state index is 0.00423. The molecule has 5 amide bonds. The van der Waals surface area contributed by atoms with Gasteiger partial charge in [-0.05, 0) is 99.3 Å². The van der Waals surface area contributed by atoms with Gasteiger partial charge in [-0.15, -0.1) is 0 Å². The lowest BCUT2D eigenvalue weighted by atomic mass is 9.83. The lowest BCUT2D eigenvalue weighted by Crippen LogP contribution is -2.54. The minimum Gasteiger partial charge on any atom is -0.397 e. The number of ether oxygens (including phenoxy) is 4. The van der Waals surface area contributed by atoms with E-state index in [2.05, 4.69) is 20.7 Å². The Hall–Kier alpha value is -7.15. The van der Waals surface area contributed by atoms with E-state index in [1.165, 1.54) is 21.1 Å². The van der Waals surface area contributed by atoms with E-state index in [1.54, 1.807) is 73.2 Å². The van der Waals surface area contributed by atoms with Gasteiger partial charge in [0.2, 0.25) is 29.5 Å². The molecule has 524 valence electrons. The second kappa shape index (κ2) is 41.0. The zero-order chi connectivity index (χ0) is 70.5. The van der Waals surface area contributed by atoms with Crippen LogP contribution in [0.3, 0.4) is 0 Å². The summed E-state index contributed by atoms with van der Waals surface area (Å²) >= 11 is 0. The second-order valence-corrected chi connectivity index (χ2v) is 26.3. The number of rotatable bonds is 46. The fourth-order valence-corrected chi connectivity index (χ4v) is 12.5. The zero-order valence-electron chi connectivity index (χ0n) is 58.2. The van der Waals surface area contributed by atoms with Crippen molar-refractivity contribution in [1.82, 2.24) is 25.3 Å². The van der Waals surface area contributed by atoms with Gasteiger partial charge in [0.1, 0.15) is 11.6 Å². The SMILES string of the molecule is CC[C@H](C)[C@@H]([C@@H](CC(=O)N1CCC[C@H]1[C@H](OC)[C@@H](C)C(=O)N[C@H](CN=[N+]=[N-])Cc1ccc(CC(=O)[C@H](CC(N)=O)CC(=O)[C@H](C)NC(=O)[C@H](C)CC(=O)CCOCCOCCCC(=O)c2ccc(N)c(N)c2)cc1)OC)N(C)C(=O)[C@@H](CC(=O)[C@H](C(C)C)N(C)C)C(C)C. The molecule has 0 aliphatic carbocycles. The molecule has 1 fully saturated rings. The molecule has 12 atom stereocenters. The van der Waals surface area contributed by atoms with Crippen LogP contribution < -0.4 is 27.8 Å². The summed E-state index contributed by atoms with van der Waals surface area (Å²) < 4.78 is 23.2. The molecule has 0 aromatic heterocycles. The first-order valence-electron chi connectivity index (χ1n) is 33.1. The molecule has 0 radical (unpaired) electrons. The number of hydrogen-bond donors (Lipinski definition) is 5. The zero-order valence-corrected chi connectivity index (χ0v) is 58.2. The van der Waals surface area contributed by atoms with Gasteiger partial charge in [-0.1, -0.05) is 91.2 Å². The Bertz CT molecular complexity index is 2870. The van der Waals surface area contributed by atoms with Crippen LogP contribution in [0, 0.1) is 41.4 Å². The van der Waals surface area contributed by atoms with E-state index in [0.29, 0.717) is 61.3 Å². The van der Waals surface area contributed by atoms with Gasteiger partial charge in [-0.3, -0.25) is 52.8 Å². The Morgan fingerprint density at radius 2 is 1.38 bits per heavy atom. The number of amides is 5. The quantitative estimate of drug-likeness (QED) is 0.0115. The molecule has 3 rings (SSSR count). The Balaban J connectivity index is 1.57. The molecule has 0 unspecified atom stereocenters. The van der Waals surface area contributed by atoms with Gasteiger partial charge in [0.05, 0.1) is 79.9 Å². The average molecular weight is 1320 g/mol. The molecule has 1 aliphatic heterocycles. The van der Waals surface area contributed by atoms with Crippen LogP contribution in [-0.4, -0.2) is 190 Å². The van der Waals surface area contributed by atoms with Crippen molar-refractivity contribution in [2.45, 2.75) is 188 Å². The summed E-state index contributed by atoms with van der Waals surface area (Å²) in [6.45, 7) is 17.9. The summed E-state index contributed by atoms with van der Waals surface area (Å²) in [7, 11) is 8.51. The van der Waals surface area contributed by atoms with Crippen LogP contribution in [0.1, 0.15) is 154 Å². The molecule has 0 spiro atoms. The summed E-state index contributed by atoms with van der Waals surface area (Å²) in [5.41, 5.74) is 28.9. The van der Waals surface area contributed by atoms with Gasteiger partial charge >= 0.3 is 0 Å². The van der Waals surface area contributed by atoms with Crippen molar-refractivity contribution in [2.24, 2.45) is 52.3 Å². The lowest BCUT2D eigenvalue weighted by Gasteiger charge is -2.41. The number of primary amides is 1. The smallest absolute Gasteiger partial charge is 0.226 e. The van der Waals surface area contributed by atoms with Gasteiger partial charge in [-0.2, -0.15) is 0 Å². The van der Waals surface area contributed by atoms with Crippen LogP contribution in [0.2, 0.25) is 0 Å². The van der Waals surface area contributed by atoms with E-state index < -0.39 is 95.8 Å². The molecule has 8 N–H and O–H groups in total. The largest absolute Gasteiger partial charge is 0.397 e. The highest BCUT2D eigenvalue weighted by atomic mass is 16.5. The number of nitrogen functional groups attached to an aromatic ring is 2. The average Bonchev–Trinajstić information content (AvgIpc) is 1.14. The van der Waals surface area contributed by atoms with Crippen molar-refractivity contribution >= 4 is 69.8 Å². The minimum atomic E-state index is -1.08. The molecule has 25 heteroatoms. The van der Waals surface area contributed by atoms with E-state index in [0.717, 1.165) is 5.56 Å². The fraction of sp³-hybridized carbons (Fsp3) is 0.681. The van der Waals surface area contributed by atoms with Crippen molar-refractivity contribution in [3.05, 3.63) is 69.6 Å². The molecule has 0 saturated carbocycles. The summed E-state index contributed by atoms with van der Waals surface area (Å²) in [5.74, 6) is -6.70. The number of likely N-dealkylation sites (tertiary alicyclic amines) is 1. The number of benzene rings is 2. The number of carbonyl (C=O) groups is 10. The van der Waals surface area contributed by atoms with Gasteiger partial charge in [0.15, 0.2) is 17.3 Å². The number of azide groups is 1. The molecular weight excluding hydrogens is 1210 g/mol. The normalized spacial score (nSPS) is 16.7. The number of nitrogens with one attached hydrogen (secondary N) is 2. The number of Topliss-reactive ketones (excluding diaryl/α,β-unsaturated/α-hetero) is 5. The standard InChI is InChI=1S/C69H109N11O14/c1-15-43(6)65(79(12)69(90)53(41(2)3)38-60(85)64(42(4)5)78(10)11)61(91-13)39-63(87)80-27-16-18-56(80)66(92-14)45(8)68(89)76-51(40-74-77-73)33-47-20-22-48(23-21-47)34-59(84)50(37-62(72)86)36-58(83)46(9)75-67(88)44(7)32-52(81)26-29-94-31-30-93-28-17-19-57(82)49-24-25-54(70)55(71)35-49/h20-25,35,41-46,50-51,53,56,61,64-66H,15-19,26-34,36-40,70-71H2,1-14H3,(H2,72,86)(H,75,88)(H,76,89)/t43-,44+,45+,46-,50-,51-,53-,56-,61+,64-,65-,66+/m0/s1. The Morgan fingerprint density at radius 1 is 0.734 bits per heavy atom. The lowest BCUT2D eigenvalue weighted by molar-refractivity contribution is -0.149. The number of hydrogen-bond acceptors (Lipinski definition) is 18. The highest BCUT2D eigenvalue weighted by Crippen LogP contribution is 2.32. The van der Waals surface area contributed by atoms with Crippen LogP contribution >= 0.6 is 0 Å². The number of anilines is 2. The van der Waals surface area contributed by atoms with Gasteiger partial charge in [-0.25, -0.2) is 0 Å². The van der Waals surface area contributed by atoms with Crippen molar-refractivity contribution in [1.29, 1.82) is 0 Å². The molecule has 1 saturated heterocycles. The molecule has 2 aromatic rings. The monoisotopic (exact) mass is 1320 g/mol. The molecule has 1 heterocycles. The van der Waals surface area contributed by atoms with E-state index >= 15 is 0 Å². The molecule has 94 heavy (non-hydrogen) atoms. The van der Waals surface area contributed by atoms with Gasteiger partial charge in [0.25, 0.3) is 0 Å². The van der Waals surface area contributed by atoms with Crippen LogP contribution in [0.5, 0.6) is 0 Å². The molecular formula is C69H109N11O14. The number of carbonyl (C=O) groups excluding carboxylic acids is 10. The third-order valence-electron chi connectivity index (χ3n) is 18.1. The van der Waals surface area contributed by atoms with Crippen LogP contribution in [0.15, 0.2) is 47.6 Å². The summed E-state index contributed by atoms with van der Waals surface area (Å²) in [6, 6.07) is 8.66. The predicted octanol–water partition coefficient (Wildman–Crippen LogP) is 6.68. The molecule has 0 bridgehead atoms. The first-order valence-corrected chi connectivity index (χ1v) is 33.1. The van der Waals surface area contributed by atoms with Gasteiger partial charge < -0.3 is 56.6 Å². The van der Waals surface area contributed by atoms with Gasteiger partial charge in [0, 0.05) is 120 Å². The first-order chi connectivity index (χ1) is 44.4. The van der Waals surface area contributed by atoms with E-state index in [4.69, 9.17) is 36.1 Å².